The van der Waals surface area contributed by atoms with Crippen molar-refractivity contribution in [2.24, 2.45) is 0 Å². The van der Waals surface area contributed by atoms with Crippen molar-refractivity contribution in [1.82, 2.24) is 25.1 Å². The van der Waals surface area contributed by atoms with E-state index in [4.69, 9.17) is 11.6 Å². The molecule has 0 aliphatic heterocycles. The Kier molecular flexibility index (Phi) is 3.75. The SMILES string of the molecule is Cc1nc(CN(C)C(=O)c2cc(F)cnc2Cl)n[nH]1. The zero-order valence-corrected chi connectivity index (χ0v) is 11.1. The minimum absolute atomic E-state index is 0.0106. The van der Waals surface area contributed by atoms with Gasteiger partial charge in [0.15, 0.2) is 5.82 Å². The number of pyridine rings is 1. The van der Waals surface area contributed by atoms with Gasteiger partial charge < -0.3 is 4.90 Å². The Bertz CT molecular complexity index is 615. The molecule has 1 amide bonds. The van der Waals surface area contributed by atoms with Gasteiger partial charge in [0.1, 0.15) is 16.8 Å². The van der Waals surface area contributed by atoms with Gasteiger partial charge in [0.25, 0.3) is 5.91 Å². The van der Waals surface area contributed by atoms with Crippen LogP contribution in [-0.2, 0) is 6.54 Å². The fraction of sp³-hybridized carbons (Fsp3) is 0.273. The molecule has 1 N–H and O–H groups in total. The van der Waals surface area contributed by atoms with E-state index >= 15 is 0 Å². The van der Waals surface area contributed by atoms with Gasteiger partial charge >= 0.3 is 0 Å². The van der Waals surface area contributed by atoms with Gasteiger partial charge in [0, 0.05) is 7.05 Å². The molecule has 0 fully saturated rings. The molecule has 0 aliphatic carbocycles. The zero-order chi connectivity index (χ0) is 14.0. The van der Waals surface area contributed by atoms with Crippen LogP contribution >= 0.6 is 11.6 Å². The molecular formula is C11H11ClFN5O. The van der Waals surface area contributed by atoms with E-state index in [0.717, 1.165) is 12.3 Å². The molecule has 0 aromatic carbocycles. The van der Waals surface area contributed by atoms with Gasteiger partial charge in [0.2, 0.25) is 0 Å². The predicted octanol–water partition coefficient (Wildman–Crippen LogP) is 1.57. The lowest BCUT2D eigenvalue weighted by Gasteiger charge is -2.15. The Hall–Kier alpha value is -2.02. The number of amides is 1. The lowest BCUT2D eigenvalue weighted by molar-refractivity contribution is 0.0781. The summed E-state index contributed by atoms with van der Waals surface area (Å²) in [4.78, 5) is 21.1. The number of rotatable bonds is 3. The van der Waals surface area contributed by atoms with Crippen molar-refractivity contribution in [2.75, 3.05) is 7.05 Å². The number of nitrogens with zero attached hydrogens (tertiary/aromatic N) is 4. The molecule has 0 unspecified atom stereocenters. The molecule has 0 aliphatic rings. The molecule has 100 valence electrons. The third-order valence-corrected chi connectivity index (χ3v) is 2.71. The van der Waals surface area contributed by atoms with Crippen LogP contribution in [-0.4, -0.2) is 38.0 Å². The molecule has 0 saturated carbocycles. The van der Waals surface area contributed by atoms with E-state index in [9.17, 15) is 9.18 Å². The minimum atomic E-state index is -0.616. The number of carbonyl (C=O) groups is 1. The average molecular weight is 284 g/mol. The van der Waals surface area contributed by atoms with Gasteiger partial charge in [-0.2, -0.15) is 5.10 Å². The molecule has 19 heavy (non-hydrogen) atoms. The quantitative estimate of drug-likeness (QED) is 0.868. The molecule has 8 heteroatoms. The normalized spacial score (nSPS) is 10.5. The predicted molar refractivity (Wildman–Crippen MR) is 66.1 cm³/mol. The Morgan fingerprint density at radius 3 is 2.95 bits per heavy atom. The molecule has 0 spiro atoms. The van der Waals surface area contributed by atoms with Crippen LogP contribution in [0, 0.1) is 12.7 Å². The highest BCUT2D eigenvalue weighted by atomic mass is 35.5. The van der Waals surface area contributed by atoms with Crippen LogP contribution in [0.4, 0.5) is 4.39 Å². The highest BCUT2D eigenvalue weighted by Crippen LogP contribution is 2.16. The Balaban J connectivity index is 2.16. The third kappa shape index (κ3) is 3.05. The van der Waals surface area contributed by atoms with Crippen molar-refractivity contribution >= 4 is 17.5 Å². The number of carbonyl (C=O) groups excluding carboxylic acids is 1. The summed E-state index contributed by atoms with van der Waals surface area (Å²) in [5.41, 5.74) is 0.0106. The van der Waals surface area contributed by atoms with Crippen LogP contribution in [0.2, 0.25) is 5.15 Å². The molecule has 2 heterocycles. The molecule has 0 radical (unpaired) electrons. The highest BCUT2D eigenvalue weighted by Gasteiger charge is 2.18. The molecule has 0 bridgehead atoms. The number of hydrogen-bond acceptors (Lipinski definition) is 4. The molecule has 6 nitrogen and oxygen atoms in total. The second kappa shape index (κ2) is 5.31. The van der Waals surface area contributed by atoms with Gasteiger partial charge in [0.05, 0.1) is 18.3 Å². The smallest absolute Gasteiger partial charge is 0.257 e. The summed E-state index contributed by atoms with van der Waals surface area (Å²) in [6.07, 6.45) is 0.956. The summed E-state index contributed by atoms with van der Waals surface area (Å²) in [5.74, 6) is 0.0597. The molecule has 0 saturated heterocycles. The van der Waals surface area contributed by atoms with Gasteiger partial charge in [-0.15, -0.1) is 0 Å². The Morgan fingerprint density at radius 2 is 2.32 bits per heavy atom. The fourth-order valence-electron chi connectivity index (χ4n) is 1.52. The van der Waals surface area contributed by atoms with E-state index < -0.39 is 11.7 Å². The number of aromatic amines is 1. The van der Waals surface area contributed by atoms with Crippen molar-refractivity contribution < 1.29 is 9.18 Å². The van der Waals surface area contributed by atoms with E-state index in [0.29, 0.717) is 11.6 Å². The van der Waals surface area contributed by atoms with Crippen molar-refractivity contribution in [3.05, 3.63) is 40.4 Å². The van der Waals surface area contributed by atoms with E-state index in [1.807, 2.05) is 0 Å². The third-order valence-electron chi connectivity index (χ3n) is 2.40. The zero-order valence-electron chi connectivity index (χ0n) is 10.3. The lowest BCUT2D eigenvalue weighted by Crippen LogP contribution is -2.27. The first-order valence-electron chi connectivity index (χ1n) is 5.41. The number of nitrogens with one attached hydrogen (secondary N) is 1. The van der Waals surface area contributed by atoms with E-state index in [1.165, 1.54) is 4.90 Å². The topological polar surface area (TPSA) is 74.8 Å². The van der Waals surface area contributed by atoms with Gasteiger partial charge in [-0.05, 0) is 13.0 Å². The minimum Gasteiger partial charge on any atom is -0.334 e. The first kappa shape index (κ1) is 13.4. The number of aryl methyl sites for hydroxylation is 1. The van der Waals surface area contributed by atoms with Gasteiger partial charge in [-0.3, -0.25) is 9.89 Å². The second-order valence-corrected chi connectivity index (χ2v) is 4.35. The summed E-state index contributed by atoms with van der Waals surface area (Å²) in [6, 6.07) is 1.05. The highest BCUT2D eigenvalue weighted by molar-refractivity contribution is 6.32. The number of H-pyrrole nitrogens is 1. The van der Waals surface area contributed by atoms with E-state index in [2.05, 4.69) is 20.2 Å². The van der Waals surface area contributed by atoms with Crippen LogP contribution in [0.15, 0.2) is 12.3 Å². The number of hydrogen-bond donors (Lipinski definition) is 1. The Morgan fingerprint density at radius 1 is 1.58 bits per heavy atom. The van der Waals surface area contributed by atoms with Gasteiger partial charge in [-0.25, -0.2) is 14.4 Å². The maximum Gasteiger partial charge on any atom is 0.257 e. The molecular weight excluding hydrogens is 273 g/mol. The molecule has 2 rings (SSSR count). The van der Waals surface area contributed by atoms with Gasteiger partial charge in [-0.1, -0.05) is 11.6 Å². The monoisotopic (exact) mass is 283 g/mol. The van der Waals surface area contributed by atoms with Crippen molar-refractivity contribution in [2.45, 2.75) is 13.5 Å². The van der Waals surface area contributed by atoms with Crippen molar-refractivity contribution in [3.63, 3.8) is 0 Å². The number of halogens is 2. The van der Waals surface area contributed by atoms with E-state index in [1.54, 1.807) is 14.0 Å². The van der Waals surface area contributed by atoms with Crippen molar-refractivity contribution in [1.29, 1.82) is 0 Å². The second-order valence-electron chi connectivity index (χ2n) is 3.99. The summed E-state index contributed by atoms with van der Waals surface area (Å²) in [5, 5.41) is 6.56. The fourth-order valence-corrected chi connectivity index (χ4v) is 1.71. The maximum atomic E-state index is 13.1. The summed E-state index contributed by atoms with van der Waals surface area (Å²) < 4.78 is 13.1. The summed E-state index contributed by atoms with van der Waals surface area (Å²) in [7, 11) is 1.55. The first-order chi connectivity index (χ1) is 8.97. The first-order valence-corrected chi connectivity index (χ1v) is 5.79. The standard InChI is InChI=1S/C11H11ClFN5O/c1-6-15-9(17-16-6)5-18(2)11(19)8-3-7(13)4-14-10(8)12/h3-4H,5H2,1-2H3,(H,15,16,17). The molecule has 2 aromatic rings. The maximum absolute atomic E-state index is 13.1. The van der Waals surface area contributed by atoms with Crippen molar-refractivity contribution in [3.8, 4) is 0 Å². The van der Waals surface area contributed by atoms with Crippen LogP contribution in [0.1, 0.15) is 22.0 Å². The summed E-state index contributed by atoms with van der Waals surface area (Å²) >= 11 is 5.78. The number of aromatic nitrogens is 4. The van der Waals surface area contributed by atoms with Crippen LogP contribution in [0.5, 0.6) is 0 Å². The molecule has 0 atom stereocenters. The van der Waals surface area contributed by atoms with E-state index in [-0.39, 0.29) is 17.3 Å². The van der Waals surface area contributed by atoms with Crippen LogP contribution in [0.3, 0.4) is 0 Å². The lowest BCUT2D eigenvalue weighted by atomic mass is 10.2. The van der Waals surface area contributed by atoms with Crippen LogP contribution in [0.25, 0.3) is 0 Å². The van der Waals surface area contributed by atoms with Crippen LogP contribution < -0.4 is 0 Å². The molecule has 2 aromatic heterocycles. The largest absolute Gasteiger partial charge is 0.334 e. The Labute approximate surface area is 113 Å². The average Bonchev–Trinajstić information content (AvgIpc) is 2.77. The summed E-state index contributed by atoms with van der Waals surface area (Å²) in [6.45, 7) is 1.95.